The topological polar surface area (TPSA) is 71.9 Å². The summed E-state index contributed by atoms with van der Waals surface area (Å²) < 4.78 is 4.05. The third-order valence-electron chi connectivity index (χ3n) is 4.70. The zero-order chi connectivity index (χ0) is 17.9. The number of carbonyl (C=O) groups excluding carboxylic acids is 1. The van der Waals surface area contributed by atoms with E-state index in [1.165, 1.54) is 11.5 Å². The molecule has 3 aromatic rings. The Bertz CT molecular complexity index is 898. The van der Waals surface area contributed by atoms with Gasteiger partial charge in [0.05, 0.1) is 17.5 Å². The number of aryl methyl sites for hydroxylation is 1. The molecule has 1 aliphatic rings. The summed E-state index contributed by atoms with van der Waals surface area (Å²) in [5.41, 5.74) is 3.77. The molecule has 26 heavy (non-hydrogen) atoms. The third-order valence-corrected chi connectivity index (χ3v) is 5.29. The number of piperidine rings is 1. The first-order valence-electron chi connectivity index (χ1n) is 8.65. The number of nitrogens with zero attached hydrogens (tertiary/aromatic N) is 5. The van der Waals surface area contributed by atoms with Crippen LogP contribution in [-0.2, 0) is 0 Å². The summed E-state index contributed by atoms with van der Waals surface area (Å²) in [6.45, 7) is 3.35. The molecule has 4 heterocycles. The average molecular weight is 365 g/mol. The minimum Gasteiger partial charge on any atom is -0.338 e. The molecule has 4 rings (SSSR count). The fraction of sp³-hybridized carbons (Fsp3) is 0.316. The van der Waals surface area contributed by atoms with Crippen molar-refractivity contribution in [2.45, 2.75) is 25.7 Å². The summed E-state index contributed by atoms with van der Waals surface area (Å²) in [4.78, 5) is 27.9. The molecule has 1 saturated heterocycles. The van der Waals surface area contributed by atoms with E-state index in [9.17, 15) is 4.79 Å². The minimum absolute atomic E-state index is 0.0553. The molecular formula is C19H19N5OS. The lowest BCUT2D eigenvalue weighted by atomic mass is 9.90. The van der Waals surface area contributed by atoms with Crippen LogP contribution < -0.4 is 0 Å². The number of hydrogen-bond acceptors (Lipinski definition) is 6. The maximum absolute atomic E-state index is 12.7. The molecule has 0 saturated carbocycles. The van der Waals surface area contributed by atoms with Crippen molar-refractivity contribution >= 4 is 17.4 Å². The lowest BCUT2D eigenvalue weighted by molar-refractivity contribution is 0.0706. The lowest BCUT2D eigenvalue weighted by Gasteiger charge is -2.33. The highest BCUT2D eigenvalue weighted by molar-refractivity contribution is 7.03. The largest absolute Gasteiger partial charge is 0.338 e. The molecule has 1 unspecified atom stereocenters. The first-order valence-corrected chi connectivity index (χ1v) is 9.48. The van der Waals surface area contributed by atoms with Crippen molar-refractivity contribution in [3.63, 3.8) is 0 Å². The monoisotopic (exact) mass is 365 g/mol. The number of likely N-dealkylation sites (tertiary alicyclic amines) is 1. The predicted octanol–water partition coefficient (Wildman–Crippen LogP) is 3.32. The van der Waals surface area contributed by atoms with E-state index in [0.717, 1.165) is 42.0 Å². The molecule has 0 aliphatic carbocycles. The summed E-state index contributed by atoms with van der Waals surface area (Å²) >= 11 is 1.31. The quantitative estimate of drug-likeness (QED) is 0.712. The maximum atomic E-state index is 12.7. The van der Waals surface area contributed by atoms with Crippen molar-refractivity contribution in [3.05, 3.63) is 59.4 Å². The van der Waals surface area contributed by atoms with Gasteiger partial charge in [-0.15, -0.1) is 0 Å². The molecule has 1 amide bonds. The molecular weight excluding hydrogens is 346 g/mol. The van der Waals surface area contributed by atoms with E-state index in [2.05, 4.69) is 14.3 Å². The van der Waals surface area contributed by atoms with Crippen molar-refractivity contribution in [2.24, 2.45) is 0 Å². The van der Waals surface area contributed by atoms with Gasteiger partial charge in [-0.05, 0) is 49.0 Å². The SMILES string of the molecule is Cc1ncc(-c2ccncc2)c(C2CCCN(C(=O)c3cnsc3)C2)n1. The molecule has 7 heteroatoms. The first kappa shape index (κ1) is 16.8. The second-order valence-corrected chi connectivity index (χ2v) is 7.11. The molecule has 0 N–H and O–H groups in total. The fourth-order valence-corrected chi connectivity index (χ4v) is 3.94. The standard InChI is InChI=1S/C19H19N5OS/c1-13-21-10-17(14-4-6-20-7-5-14)18(23-13)15-3-2-8-24(11-15)19(25)16-9-22-26-12-16/h4-7,9-10,12,15H,2-3,8,11H2,1H3. The Morgan fingerprint density at radius 1 is 1.27 bits per heavy atom. The van der Waals surface area contributed by atoms with E-state index in [4.69, 9.17) is 4.98 Å². The van der Waals surface area contributed by atoms with Gasteiger partial charge in [-0.3, -0.25) is 9.78 Å². The number of amides is 1. The molecule has 0 aromatic carbocycles. The minimum atomic E-state index is 0.0553. The van der Waals surface area contributed by atoms with Crippen molar-refractivity contribution < 1.29 is 4.79 Å². The van der Waals surface area contributed by atoms with E-state index < -0.39 is 0 Å². The molecule has 0 radical (unpaired) electrons. The Labute approximate surface area is 156 Å². The van der Waals surface area contributed by atoms with E-state index in [-0.39, 0.29) is 11.8 Å². The normalized spacial score (nSPS) is 17.3. The van der Waals surface area contributed by atoms with Gasteiger partial charge in [0.1, 0.15) is 5.82 Å². The van der Waals surface area contributed by atoms with Crippen molar-refractivity contribution in [3.8, 4) is 11.1 Å². The lowest BCUT2D eigenvalue weighted by Crippen LogP contribution is -2.39. The van der Waals surface area contributed by atoms with E-state index >= 15 is 0 Å². The van der Waals surface area contributed by atoms with Crippen LogP contribution in [0.5, 0.6) is 0 Å². The Balaban J connectivity index is 1.65. The molecule has 0 bridgehead atoms. The van der Waals surface area contributed by atoms with Crippen LogP contribution in [0.2, 0.25) is 0 Å². The highest BCUT2D eigenvalue weighted by Crippen LogP contribution is 2.33. The summed E-state index contributed by atoms with van der Waals surface area (Å²) in [5, 5.41) is 1.81. The smallest absolute Gasteiger partial charge is 0.256 e. The van der Waals surface area contributed by atoms with Crippen LogP contribution in [0, 0.1) is 6.92 Å². The van der Waals surface area contributed by atoms with Gasteiger partial charge in [0.2, 0.25) is 0 Å². The second kappa shape index (κ2) is 7.29. The summed E-state index contributed by atoms with van der Waals surface area (Å²) in [6, 6.07) is 3.95. The highest BCUT2D eigenvalue weighted by atomic mass is 32.1. The van der Waals surface area contributed by atoms with Crippen molar-refractivity contribution in [2.75, 3.05) is 13.1 Å². The van der Waals surface area contributed by atoms with E-state index in [1.807, 2.05) is 35.5 Å². The van der Waals surface area contributed by atoms with Gasteiger partial charge in [-0.25, -0.2) is 14.3 Å². The average Bonchev–Trinajstić information content (AvgIpc) is 3.23. The van der Waals surface area contributed by atoms with Crippen LogP contribution in [-0.4, -0.2) is 43.2 Å². The van der Waals surface area contributed by atoms with Crippen LogP contribution in [0.4, 0.5) is 0 Å². The zero-order valence-electron chi connectivity index (χ0n) is 14.5. The maximum Gasteiger partial charge on any atom is 0.256 e. The van der Waals surface area contributed by atoms with Gasteiger partial charge in [0, 0.05) is 48.5 Å². The number of pyridine rings is 1. The molecule has 132 valence electrons. The zero-order valence-corrected chi connectivity index (χ0v) is 15.3. The highest BCUT2D eigenvalue weighted by Gasteiger charge is 2.28. The van der Waals surface area contributed by atoms with Crippen LogP contribution in [0.1, 0.15) is 40.6 Å². The van der Waals surface area contributed by atoms with Gasteiger partial charge in [0.25, 0.3) is 5.91 Å². The molecule has 0 spiro atoms. The number of aromatic nitrogens is 4. The molecule has 3 aromatic heterocycles. The van der Waals surface area contributed by atoms with Crippen LogP contribution >= 0.6 is 11.5 Å². The summed E-state index contributed by atoms with van der Waals surface area (Å²) in [6.07, 6.45) is 9.07. The van der Waals surface area contributed by atoms with E-state index in [1.54, 1.807) is 18.6 Å². The molecule has 1 atom stereocenters. The summed E-state index contributed by atoms with van der Waals surface area (Å²) in [7, 11) is 0. The van der Waals surface area contributed by atoms with Crippen molar-refractivity contribution in [1.82, 2.24) is 24.2 Å². The molecule has 6 nitrogen and oxygen atoms in total. The number of carbonyl (C=O) groups is 1. The van der Waals surface area contributed by atoms with Gasteiger partial charge in [-0.1, -0.05) is 0 Å². The summed E-state index contributed by atoms with van der Waals surface area (Å²) in [5.74, 6) is 1.01. The van der Waals surface area contributed by atoms with Gasteiger partial charge in [-0.2, -0.15) is 0 Å². The third kappa shape index (κ3) is 3.35. The predicted molar refractivity (Wildman–Crippen MR) is 100.0 cm³/mol. The number of rotatable bonds is 3. The Morgan fingerprint density at radius 2 is 2.12 bits per heavy atom. The van der Waals surface area contributed by atoms with Crippen molar-refractivity contribution in [1.29, 1.82) is 0 Å². The molecule has 1 fully saturated rings. The van der Waals surface area contributed by atoms with Gasteiger partial charge < -0.3 is 4.90 Å². The Morgan fingerprint density at radius 3 is 2.88 bits per heavy atom. The van der Waals surface area contributed by atoms with Crippen LogP contribution in [0.15, 0.2) is 42.3 Å². The van der Waals surface area contributed by atoms with Crippen LogP contribution in [0.25, 0.3) is 11.1 Å². The number of hydrogen-bond donors (Lipinski definition) is 0. The Hall–Kier alpha value is -2.67. The van der Waals surface area contributed by atoms with Gasteiger partial charge in [0.15, 0.2) is 0 Å². The van der Waals surface area contributed by atoms with Gasteiger partial charge >= 0.3 is 0 Å². The van der Waals surface area contributed by atoms with Crippen LogP contribution in [0.3, 0.4) is 0 Å². The first-order chi connectivity index (χ1) is 12.7. The Kier molecular flexibility index (Phi) is 4.71. The fourth-order valence-electron chi connectivity index (χ4n) is 3.43. The second-order valence-electron chi connectivity index (χ2n) is 6.46. The molecule has 1 aliphatic heterocycles. The van der Waals surface area contributed by atoms with E-state index in [0.29, 0.717) is 12.1 Å².